The van der Waals surface area contributed by atoms with Gasteiger partial charge in [-0.1, -0.05) is 73.1 Å². The topological polar surface area (TPSA) is 105 Å². The zero-order valence-electron chi connectivity index (χ0n) is 26.9. The highest BCUT2D eigenvalue weighted by molar-refractivity contribution is 7.92. The highest BCUT2D eigenvalue weighted by Crippen LogP contribution is 2.33. The maximum absolute atomic E-state index is 14.6. The molecule has 0 spiro atoms. The van der Waals surface area contributed by atoms with Gasteiger partial charge in [0.1, 0.15) is 24.1 Å². The van der Waals surface area contributed by atoms with Crippen LogP contribution in [0.15, 0.2) is 108 Å². The summed E-state index contributed by atoms with van der Waals surface area (Å²) in [6.45, 7) is 3.25. The molecule has 4 aromatic carbocycles. The first-order chi connectivity index (χ1) is 22.6. The van der Waals surface area contributed by atoms with E-state index in [0.29, 0.717) is 22.8 Å². The van der Waals surface area contributed by atoms with Crippen molar-refractivity contribution in [3.63, 3.8) is 0 Å². The molecule has 4 aromatic rings. The zero-order valence-corrected chi connectivity index (χ0v) is 28.5. The van der Waals surface area contributed by atoms with Gasteiger partial charge < -0.3 is 19.7 Å². The molecular formula is C36H40ClN3O6S. The minimum absolute atomic E-state index is 0.00711. The third-order valence-corrected chi connectivity index (χ3v) is 9.80. The number of para-hydroxylation sites is 2. The van der Waals surface area contributed by atoms with Gasteiger partial charge in [0.25, 0.3) is 10.0 Å². The first-order valence-corrected chi connectivity index (χ1v) is 17.1. The second kappa shape index (κ2) is 16.3. The number of anilines is 1. The number of amides is 2. The number of hydrogen-bond acceptors (Lipinski definition) is 6. The summed E-state index contributed by atoms with van der Waals surface area (Å²) >= 11 is 6.32. The van der Waals surface area contributed by atoms with E-state index in [-0.39, 0.29) is 41.2 Å². The van der Waals surface area contributed by atoms with Crippen LogP contribution in [0.2, 0.25) is 5.02 Å². The predicted molar refractivity (Wildman–Crippen MR) is 184 cm³/mol. The monoisotopic (exact) mass is 677 g/mol. The highest BCUT2D eigenvalue weighted by Gasteiger charge is 2.35. The molecule has 0 unspecified atom stereocenters. The predicted octanol–water partition coefficient (Wildman–Crippen LogP) is 6.11. The van der Waals surface area contributed by atoms with Crippen LogP contribution in [0.5, 0.6) is 11.5 Å². The van der Waals surface area contributed by atoms with Crippen LogP contribution in [0.4, 0.5) is 5.69 Å². The Kier molecular flexibility index (Phi) is 12.3. The van der Waals surface area contributed by atoms with Crippen molar-refractivity contribution in [1.82, 2.24) is 10.2 Å². The number of benzene rings is 4. The Bertz CT molecular complexity index is 1750. The summed E-state index contributed by atoms with van der Waals surface area (Å²) in [6.07, 6.45) is 0.892. The summed E-state index contributed by atoms with van der Waals surface area (Å²) in [5.74, 6) is -0.199. The van der Waals surface area contributed by atoms with Gasteiger partial charge in [0, 0.05) is 24.0 Å². The van der Waals surface area contributed by atoms with E-state index >= 15 is 0 Å². The summed E-state index contributed by atoms with van der Waals surface area (Å²) in [4.78, 5) is 30.0. The number of rotatable bonds is 15. The molecule has 9 nitrogen and oxygen atoms in total. The van der Waals surface area contributed by atoms with Crippen LogP contribution in [0, 0.1) is 0 Å². The minimum atomic E-state index is -4.32. The number of hydrogen-bond donors (Lipinski definition) is 1. The van der Waals surface area contributed by atoms with Crippen LogP contribution >= 0.6 is 11.6 Å². The molecule has 11 heteroatoms. The lowest BCUT2D eigenvalue weighted by molar-refractivity contribution is -0.140. The molecule has 0 aliphatic heterocycles. The first kappa shape index (κ1) is 35.3. The van der Waals surface area contributed by atoms with Crippen molar-refractivity contribution in [3.05, 3.63) is 119 Å². The molecule has 248 valence electrons. The molecule has 2 atom stereocenters. The van der Waals surface area contributed by atoms with Gasteiger partial charge in [-0.05, 0) is 73.0 Å². The van der Waals surface area contributed by atoms with Crippen LogP contribution in [0.1, 0.15) is 31.4 Å². The average molecular weight is 678 g/mol. The normalized spacial score (nSPS) is 12.4. The number of halogens is 1. The second-order valence-electron chi connectivity index (χ2n) is 11.0. The number of carbonyl (C=O) groups is 2. The maximum Gasteiger partial charge on any atom is 0.264 e. The van der Waals surface area contributed by atoms with Crippen molar-refractivity contribution in [1.29, 1.82) is 0 Å². The van der Waals surface area contributed by atoms with E-state index in [1.54, 1.807) is 42.5 Å². The Labute approximate surface area is 282 Å². The van der Waals surface area contributed by atoms with Gasteiger partial charge in [0.05, 0.1) is 24.8 Å². The Morgan fingerprint density at radius 3 is 2.15 bits per heavy atom. The van der Waals surface area contributed by atoms with Gasteiger partial charge in [-0.3, -0.25) is 13.9 Å². The van der Waals surface area contributed by atoms with Gasteiger partial charge in [-0.15, -0.1) is 0 Å². The summed E-state index contributed by atoms with van der Waals surface area (Å²) in [5, 5.41) is 3.50. The third-order valence-electron chi connectivity index (χ3n) is 7.79. The summed E-state index contributed by atoms with van der Waals surface area (Å²) in [6, 6.07) is 27.8. The SMILES string of the molecule is CC[C@@H](C)NC(=O)[C@H](Cc1ccccc1)N(Cc1cccc(Cl)c1)C(=O)CN(c1ccccc1OC)S(=O)(=O)c1ccc(OC)cc1. The lowest BCUT2D eigenvalue weighted by Crippen LogP contribution is -2.54. The van der Waals surface area contributed by atoms with E-state index < -0.39 is 28.5 Å². The number of carbonyl (C=O) groups excluding carboxylic acids is 2. The van der Waals surface area contributed by atoms with E-state index in [1.165, 1.54) is 43.4 Å². The Morgan fingerprint density at radius 1 is 0.851 bits per heavy atom. The van der Waals surface area contributed by atoms with Gasteiger partial charge in [-0.2, -0.15) is 0 Å². The fourth-order valence-electron chi connectivity index (χ4n) is 5.05. The van der Waals surface area contributed by atoms with Gasteiger partial charge >= 0.3 is 0 Å². The fourth-order valence-corrected chi connectivity index (χ4v) is 6.69. The molecule has 0 radical (unpaired) electrons. The van der Waals surface area contributed by atoms with Crippen molar-refractivity contribution in [3.8, 4) is 11.5 Å². The third kappa shape index (κ3) is 9.05. The second-order valence-corrected chi connectivity index (χ2v) is 13.3. The van der Waals surface area contributed by atoms with Crippen molar-refractivity contribution in [2.75, 3.05) is 25.1 Å². The zero-order chi connectivity index (χ0) is 34.0. The molecule has 0 saturated heterocycles. The van der Waals surface area contributed by atoms with Gasteiger partial charge in [-0.25, -0.2) is 8.42 Å². The lowest BCUT2D eigenvalue weighted by Gasteiger charge is -2.34. The summed E-state index contributed by atoms with van der Waals surface area (Å²) in [5.41, 5.74) is 1.70. The minimum Gasteiger partial charge on any atom is -0.497 e. The van der Waals surface area contributed by atoms with E-state index in [9.17, 15) is 18.0 Å². The van der Waals surface area contributed by atoms with E-state index in [4.69, 9.17) is 21.1 Å². The Hall–Kier alpha value is -4.54. The van der Waals surface area contributed by atoms with E-state index in [0.717, 1.165) is 9.87 Å². The fraction of sp³-hybridized carbons (Fsp3) is 0.278. The van der Waals surface area contributed by atoms with Crippen LogP contribution in [0.3, 0.4) is 0 Å². The van der Waals surface area contributed by atoms with E-state index in [1.807, 2.05) is 50.2 Å². The molecule has 4 rings (SSSR count). The molecule has 2 amide bonds. The molecule has 1 N–H and O–H groups in total. The van der Waals surface area contributed by atoms with Crippen LogP contribution in [0.25, 0.3) is 0 Å². The molecule has 0 aromatic heterocycles. The molecule has 47 heavy (non-hydrogen) atoms. The number of ether oxygens (including phenoxy) is 2. The van der Waals surface area contributed by atoms with Crippen molar-refractivity contribution in [2.45, 2.75) is 50.2 Å². The van der Waals surface area contributed by atoms with Crippen molar-refractivity contribution in [2.24, 2.45) is 0 Å². The largest absolute Gasteiger partial charge is 0.497 e. The Balaban J connectivity index is 1.84. The molecule has 0 fully saturated rings. The number of nitrogens with zero attached hydrogens (tertiary/aromatic N) is 2. The number of nitrogens with one attached hydrogen (secondary N) is 1. The quantitative estimate of drug-likeness (QED) is 0.163. The summed E-state index contributed by atoms with van der Waals surface area (Å²) in [7, 11) is -1.40. The number of methoxy groups -OCH3 is 2. The molecule has 0 saturated carbocycles. The van der Waals surface area contributed by atoms with Crippen molar-refractivity contribution >= 4 is 39.1 Å². The molecular weight excluding hydrogens is 638 g/mol. The Morgan fingerprint density at radius 2 is 1.51 bits per heavy atom. The first-order valence-electron chi connectivity index (χ1n) is 15.2. The smallest absolute Gasteiger partial charge is 0.264 e. The lowest BCUT2D eigenvalue weighted by atomic mass is 10.0. The maximum atomic E-state index is 14.6. The highest BCUT2D eigenvalue weighted by atomic mass is 35.5. The average Bonchev–Trinajstić information content (AvgIpc) is 3.08. The van der Waals surface area contributed by atoms with Crippen LogP contribution in [-0.2, 0) is 32.6 Å². The molecule has 0 bridgehead atoms. The molecule has 0 aliphatic rings. The van der Waals surface area contributed by atoms with Crippen molar-refractivity contribution < 1.29 is 27.5 Å². The molecule has 0 heterocycles. The van der Waals surface area contributed by atoms with Crippen LogP contribution in [-0.4, -0.2) is 58.0 Å². The van der Waals surface area contributed by atoms with E-state index in [2.05, 4.69) is 5.32 Å². The molecule has 0 aliphatic carbocycles. The van der Waals surface area contributed by atoms with Gasteiger partial charge in [0.15, 0.2) is 0 Å². The standard InChI is InChI=1S/C36H40ClN3O6S/c1-5-26(2)38-36(42)33(23-27-12-7-6-8-13-27)39(24-28-14-11-15-29(37)22-28)35(41)25-40(32-16-9-10-17-34(32)46-4)47(43,44)31-20-18-30(45-3)19-21-31/h6-22,26,33H,5,23-25H2,1-4H3,(H,38,42)/t26-,33+/m1/s1. The summed E-state index contributed by atoms with van der Waals surface area (Å²) < 4.78 is 40.4. The van der Waals surface area contributed by atoms with Gasteiger partial charge in [0.2, 0.25) is 11.8 Å². The van der Waals surface area contributed by atoms with Crippen LogP contribution < -0.4 is 19.1 Å². The number of sulfonamides is 1.